The standard InChI is InChI=1S/C19H18N4O/c1-23-18(24)13-17(22-19(23)20)12-16-4-2-3-15(11-16)6-5-14-7-9-21-10-8-14/h2-11,13H,12H2,1H3,(H2,20,22). The fourth-order valence-electron chi connectivity index (χ4n) is 2.38. The molecule has 0 atom stereocenters. The van der Waals surface area contributed by atoms with Crippen molar-refractivity contribution < 1.29 is 0 Å². The molecule has 2 N–H and O–H groups in total. The first-order valence-corrected chi connectivity index (χ1v) is 7.61. The molecule has 0 radical (unpaired) electrons. The van der Waals surface area contributed by atoms with Crippen LogP contribution in [0, 0.1) is 0 Å². The van der Waals surface area contributed by atoms with Gasteiger partial charge in [-0.1, -0.05) is 36.4 Å². The Balaban J connectivity index is 1.81. The molecular formula is C19H18N4O. The van der Waals surface area contributed by atoms with Crippen LogP contribution in [0.15, 0.2) is 59.7 Å². The molecule has 5 heteroatoms. The molecule has 0 saturated heterocycles. The van der Waals surface area contributed by atoms with Crippen LogP contribution >= 0.6 is 0 Å². The molecule has 3 rings (SSSR count). The summed E-state index contributed by atoms with van der Waals surface area (Å²) in [7, 11) is 1.61. The lowest BCUT2D eigenvalue weighted by atomic mass is 10.1. The van der Waals surface area contributed by atoms with E-state index in [0.717, 1.165) is 16.7 Å². The maximum Gasteiger partial charge on any atom is 0.254 e. The lowest BCUT2D eigenvalue weighted by Gasteiger charge is -2.06. The summed E-state index contributed by atoms with van der Waals surface area (Å²) in [6, 6.07) is 13.5. The zero-order chi connectivity index (χ0) is 16.9. The Morgan fingerprint density at radius 2 is 1.83 bits per heavy atom. The number of benzene rings is 1. The molecule has 0 unspecified atom stereocenters. The highest BCUT2D eigenvalue weighted by Crippen LogP contribution is 2.13. The van der Waals surface area contributed by atoms with Gasteiger partial charge in [0.1, 0.15) is 0 Å². The SMILES string of the molecule is Cn1c(N)nc(Cc2cccc(C=Cc3ccncc3)c2)cc1=O. The second-order valence-electron chi connectivity index (χ2n) is 5.54. The fourth-order valence-corrected chi connectivity index (χ4v) is 2.38. The van der Waals surface area contributed by atoms with Gasteiger partial charge in [0.05, 0.1) is 5.69 Å². The molecule has 3 aromatic rings. The lowest BCUT2D eigenvalue weighted by molar-refractivity contribution is 0.825. The van der Waals surface area contributed by atoms with Crippen molar-refractivity contribution in [1.29, 1.82) is 0 Å². The van der Waals surface area contributed by atoms with Crippen LogP contribution in [0.25, 0.3) is 12.2 Å². The largest absolute Gasteiger partial charge is 0.369 e. The molecule has 5 nitrogen and oxygen atoms in total. The molecule has 0 amide bonds. The van der Waals surface area contributed by atoms with E-state index in [2.05, 4.69) is 16.0 Å². The molecule has 0 saturated carbocycles. The van der Waals surface area contributed by atoms with Crippen LogP contribution in [0.1, 0.15) is 22.4 Å². The average molecular weight is 318 g/mol. The van der Waals surface area contributed by atoms with Crippen LogP contribution in [0.5, 0.6) is 0 Å². The summed E-state index contributed by atoms with van der Waals surface area (Å²) in [4.78, 5) is 20.1. The van der Waals surface area contributed by atoms with E-state index in [1.54, 1.807) is 19.4 Å². The lowest BCUT2D eigenvalue weighted by Crippen LogP contribution is -2.21. The number of aromatic nitrogens is 3. The van der Waals surface area contributed by atoms with Gasteiger partial charge < -0.3 is 5.73 Å². The topological polar surface area (TPSA) is 73.8 Å². The Morgan fingerprint density at radius 3 is 2.58 bits per heavy atom. The summed E-state index contributed by atoms with van der Waals surface area (Å²) in [5.74, 6) is 0.228. The molecule has 0 aliphatic carbocycles. The van der Waals surface area contributed by atoms with Gasteiger partial charge in [-0.25, -0.2) is 4.98 Å². The molecule has 24 heavy (non-hydrogen) atoms. The monoisotopic (exact) mass is 318 g/mol. The summed E-state index contributed by atoms with van der Waals surface area (Å²) < 4.78 is 1.33. The van der Waals surface area contributed by atoms with Crippen molar-refractivity contribution in [1.82, 2.24) is 14.5 Å². The first kappa shape index (κ1) is 15.7. The molecular weight excluding hydrogens is 300 g/mol. The number of pyridine rings is 1. The molecule has 1 aromatic carbocycles. The number of nitrogen functional groups attached to an aromatic ring is 1. The molecule has 0 aliphatic rings. The zero-order valence-corrected chi connectivity index (χ0v) is 13.4. The number of nitrogens with zero attached hydrogens (tertiary/aromatic N) is 3. The van der Waals surface area contributed by atoms with E-state index in [4.69, 9.17) is 5.73 Å². The highest BCUT2D eigenvalue weighted by Gasteiger charge is 2.04. The number of nitrogens with two attached hydrogens (primary N) is 1. The van der Waals surface area contributed by atoms with Gasteiger partial charge in [-0.15, -0.1) is 0 Å². The van der Waals surface area contributed by atoms with E-state index in [0.29, 0.717) is 12.1 Å². The predicted octanol–water partition coefficient (Wildman–Crippen LogP) is 2.52. The molecule has 120 valence electrons. The van der Waals surface area contributed by atoms with Crippen LogP contribution in [0.2, 0.25) is 0 Å². The Kier molecular flexibility index (Phi) is 4.52. The van der Waals surface area contributed by atoms with Gasteiger partial charge in [0, 0.05) is 31.9 Å². The van der Waals surface area contributed by atoms with Crippen molar-refractivity contribution in [3.05, 3.63) is 87.6 Å². The fraction of sp³-hybridized carbons (Fsp3) is 0.105. The van der Waals surface area contributed by atoms with Crippen LogP contribution < -0.4 is 11.3 Å². The van der Waals surface area contributed by atoms with Crippen molar-refractivity contribution in [2.45, 2.75) is 6.42 Å². The molecule has 0 fully saturated rings. The molecule has 0 bridgehead atoms. The maximum absolute atomic E-state index is 11.8. The minimum Gasteiger partial charge on any atom is -0.369 e. The number of hydrogen-bond donors (Lipinski definition) is 1. The highest BCUT2D eigenvalue weighted by molar-refractivity contribution is 5.69. The smallest absolute Gasteiger partial charge is 0.254 e. The Bertz CT molecular complexity index is 930. The normalized spacial score (nSPS) is 11.0. The van der Waals surface area contributed by atoms with Gasteiger partial charge in [-0.2, -0.15) is 0 Å². The van der Waals surface area contributed by atoms with E-state index < -0.39 is 0 Å². The van der Waals surface area contributed by atoms with Crippen molar-refractivity contribution in [2.75, 3.05) is 5.73 Å². The summed E-state index contributed by atoms with van der Waals surface area (Å²) in [6.07, 6.45) is 8.18. The maximum atomic E-state index is 11.8. The third-order valence-electron chi connectivity index (χ3n) is 3.73. The number of anilines is 1. The Labute approximate surface area is 140 Å². The third-order valence-corrected chi connectivity index (χ3v) is 3.73. The van der Waals surface area contributed by atoms with Crippen LogP contribution in [0.3, 0.4) is 0 Å². The van der Waals surface area contributed by atoms with E-state index in [1.807, 2.05) is 42.5 Å². The average Bonchev–Trinajstić information content (AvgIpc) is 2.59. The summed E-state index contributed by atoms with van der Waals surface area (Å²) in [5, 5.41) is 0. The van der Waals surface area contributed by atoms with Gasteiger partial charge in [-0.3, -0.25) is 14.3 Å². The van der Waals surface area contributed by atoms with Crippen molar-refractivity contribution >= 4 is 18.1 Å². The van der Waals surface area contributed by atoms with Gasteiger partial charge >= 0.3 is 0 Å². The quantitative estimate of drug-likeness (QED) is 0.802. The van der Waals surface area contributed by atoms with Crippen molar-refractivity contribution in [2.24, 2.45) is 7.05 Å². The second kappa shape index (κ2) is 6.91. The van der Waals surface area contributed by atoms with Gasteiger partial charge in [0.2, 0.25) is 5.95 Å². The van der Waals surface area contributed by atoms with E-state index in [1.165, 1.54) is 10.6 Å². The number of hydrogen-bond acceptors (Lipinski definition) is 4. The van der Waals surface area contributed by atoms with Gasteiger partial charge in [0.25, 0.3) is 5.56 Å². The Morgan fingerprint density at radius 1 is 1.08 bits per heavy atom. The first-order chi connectivity index (χ1) is 11.6. The van der Waals surface area contributed by atoms with Gasteiger partial charge in [0.15, 0.2) is 0 Å². The third kappa shape index (κ3) is 3.76. The van der Waals surface area contributed by atoms with Crippen LogP contribution in [-0.4, -0.2) is 14.5 Å². The minimum atomic E-state index is -0.147. The van der Waals surface area contributed by atoms with Gasteiger partial charge in [-0.05, 0) is 28.8 Å². The summed E-state index contributed by atoms with van der Waals surface area (Å²) in [6.45, 7) is 0. The highest BCUT2D eigenvalue weighted by atomic mass is 16.1. The zero-order valence-electron chi connectivity index (χ0n) is 13.4. The summed E-state index contributed by atoms with van der Waals surface area (Å²) >= 11 is 0. The summed E-state index contributed by atoms with van der Waals surface area (Å²) in [5.41, 5.74) is 9.53. The van der Waals surface area contributed by atoms with Crippen molar-refractivity contribution in [3.63, 3.8) is 0 Å². The van der Waals surface area contributed by atoms with E-state index >= 15 is 0 Å². The molecule has 0 aliphatic heterocycles. The minimum absolute atomic E-state index is 0.147. The Hall–Kier alpha value is -3.21. The van der Waals surface area contributed by atoms with Crippen molar-refractivity contribution in [3.8, 4) is 0 Å². The first-order valence-electron chi connectivity index (χ1n) is 7.61. The number of rotatable bonds is 4. The molecule has 2 heterocycles. The van der Waals surface area contributed by atoms with Crippen LogP contribution in [-0.2, 0) is 13.5 Å². The van der Waals surface area contributed by atoms with Crippen LogP contribution in [0.4, 0.5) is 5.95 Å². The van der Waals surface area contributed by atoms with E-state index in [-0.39, 0.29) is 11.5 Å². The van der Waals surface area contributed by atoms with E-state index in [9.17, 15) is 4.79 Å². The molecule has 0 spiro atoms. The predicted molar refractivity (Wildman–Crippen MR) is 96.3 cm³/mol. The molecule has 2 aromatic heterocycles. The second-order valence-corrected chi connectivity index (χ2v) is 5.54.